The van der Waals surface area contributed by atoms with Crippen molar-refractivity contribution in [1.82, 2.24) is 9.55 Å². The van der Waals surface area contributed by atoms with Gasteiger partial charge in [-0.15, -0.1) is 11.3 Å². The van der Waals surface area contributed by atoms with Crippen molar-refractivity contribution in [1.29, 1.82) is 0 Å². The molecule has 0 aliphatic carbocycles. The van der Waals surface area contributed by atoms with E-state index in [0.717, 1.165) is 27.1 Å². The van der Waals surface area contributed by atoms with Gasteiger partial charge in [0.15, 0.2) is 6.29 Å². The molecule has 1 aromatic carbocycles. The Labute approximate surface area is 119 Å². The third kappa shape index (κ3) is 2.29. The highest BCUT2D eigenvalue weighted by atomic mass is 35.5. The molecule has 0 bridgehead atoms. The van der Waals surface area contributed by atoms with Crippen LogP contribution >= 0.6 is 22.9 Å². The van der Waals surface area contributed by atoms with Gasteiger partial charge in [-0.2, -0.15) is 0 Å². The number of carbonyl (C=O) groups excluding carboxylic acids is 1. The average Bonchev–Trinajstić information content (AvgIpc) is 2.94. The summed E-state index contributed by atoms with van der Waals surface area (Å²) >= 11 is 7.70. The molecule has 0 aliphatic rings. The second kappa shape index (κ2) is 4.79. The van der Waals surface area contributed by atoms with Gasteiger partial charge >= 0.3 is 0 Å². The second-order valence-electron chi connectivity index (χ2n) is 4.34. The van der Waals surface area contributed by atoms with Crippen LogP contribution in [0, 0.1) is 6.92 Å². The molecule has 0 spiro atoms. The number of fused-ring (bicyclic) bond motifs is 1. The quantitative estimate of drug-likeness (QED) is 0.685. The first-order chi connectivity index (χ1) is 9.17. The maximum atomic E-state index is 11.1. The van der Waals surface area contributed by atoms with Gasteiger partial charge in [-0.1, -0.05) is 17.7 Å². The number of halogens is 1. The van der Waals surface area contributed by atoms with Crippen LogP contribution in [-0.4, -0.2) is 15.8 Å². The van der Waals surface area contributed by atoms with E-state index in [9.17, 15) is 4.79 Å². The molecule has 19 heavy (non-hydrogen) atoms. The van der Waals surface area contributed by atoms with Gasteiger partial charge in [0.25, 0.3) is 0 Å². The Balaban J connectivity index is 2.12. The van der Waals surface area contributed by atoms with E-state index >= 15 is 0 Å². The van der Waals surface area contributed by atoms with Crippen LogP contribution in [0.2, 0.25) is 5.02 Å². The van der Waals surface area contributed by atoms with Crippen molar-refractivity contribution < 1.29 is 4.79 Å². The first-order valence-electron chi connectivity index (χ1n) is 5.82. The SMILES string of the molecule is Cc1ncc(Cn2cc(C=O)c3ccc(Cl)cc32)s1. The van der Waals surface area contributed by atoms with E-state index in [0.29, 0.717) is 17.1 Å². The number of hydrogen-bond donors (Lipinski definition) is 0. The molecule has 2 heterocycles. The van der Waals surface area contributed by atoms with E-state index < -0.39 is 0 Å². The summed E-state index contributed by atoms with van der Waals surface area (Å²) in [6.07, 6.45) is 4.62. The Kier molecular flexibility index (Phi) is 3.12. The molecular formula is C14H11ClN2OS. The lowest BCUT2D eigenvalue weighted by Crippen LogP contribution is -1.95. The lowest BCUT2D eigenvalue weighted by Gasteiger charge is -2.03. The molecule has 0 fully saturated rings. The third-order valence-corrected chi connectivity index (χ3v) is 4.13. The number of aryl methyl sites for hydroxylation is 1. The average molecular weight is 291 g/mol. The highest BCUT2D eigenvalue weighted by Crippen LogP contribution is 2.25. The maximum Gasteiger partial charge on any atom is 0.152 e. The molecule has 0 saturated carbocycles. The number of nitrogens with zero attached hydrogens (tertiary/aromatic N) is 2. The van der Waals surface area contributed by atoms with Gasteiger partial charge in [-0.3, -0.25) is 4.79 Å². The molecule has 0 aliphatic heterocycles. The van der Waals surface area contributed by atoms with Crippen LogP contribution in [-0.2, 0) is 6.54 Å². The number of benzene rings is 1. The highest BCUT2D eigenvalue weighted by Gasteiger charge is 2.09. The number of hydrogen-bond acceptors (Lipinski definition) is 3. The summed E-state index contributed by atoms with van der Waals surface area (Å²) < 4.78 is 2.04. The predicted octanol–water partition coefficient (Wildman–Crippen LogP) is 3.92. The normalized spacial score (nSPS) is 11.1. The molecule has 3 nitrogen and oxygen atoms in total. The number of aromatic nitrogens is 2. The second-order valence-corrected chi connectivity index (χ2v) is 6.09. The molecule has 0 N–H and O–H groups in total. The van der Waals surface area contributed by atoms with Gasteiger partial charge < -0.3 is 4.57 Å². The van der Waals surface area contributed by atoms with Crippen LogP contribution in [0.15, 0.2) is 30.6 Å². The number of carbonyl (C=O) groups is 1. The van der Waals surface area contributed by atoms with E-state index in [4.69, 9.17) is 11.6 Å². The minimum Gasteiger partial charge on any atom is -0.341 e. The molecule has 0 unspecified atom stereocenters. The minimum absolute atomic E-state index is 0.671. The van der Waals surface area contributed by atoms with Crippen molar-refractivity contribution in [3.05, 3.63) is 51.1 Å². The molecule has 0 atom stereocenters. The molecule has 3 aromatic rings. The molecule has 96 valence electrons. The van der Waals surface area contributed by atoms with E-state index in [1.165, 1.54) is 0 Å². The summed E-state index contributed by atoms with van der Waals surface area (Å²) in [5.74, 6) is 0. The molecular weight excluding hydrogens is 280 g/mol. The van der Waals surface area contributed by atoms with E-state index in [2.05, 4.69) is 4.98 Å². The summed E-state index contributed by atoms with van der Waals surface area (Å²) in [6.45, 7) is 2.69. The summed E-state index contributed by atoms with van der Waals surface area (Å²) in [5, 5.41) is 2.64. The number of thiazole rings is 1. The van der Waals surface area contributed by atoms with Gasteiger partial charge in [-0.25, -0.2) is 4.98 Å². The summed E-state index contributed by atoms with van der Waals surface area (Å²) in [4.78, 5) is 16.5. The fourth-order valence-electron chi connectivity index (χ4n) is 2.16. The molecule has 0 saturated heterocycles. The topological polar surface area (TPSA) is 34.9 Å². The van der Waals surface area contributed by atoms with Crippen LogP contribution in [0.3, 0.4) is 0 Å². The van der Waals surface area contributed by atoms with E-state index in [-0.39, 0.29) is 0 Å². The Hall–Kier alpha value is -1.65. The van der Waals surface area contributed by atoms with Crippen molar-refractivity contribution in [3.8, 4) is 0 Å². The summed E-state index contributed by atoms with van der Waals surface area (Å²) in [6, 6.07) is 5.58. The van der Waals surface area contributed by atoms with Gasteiger partial charge in [0.05, 0.1) is 17.1 Å². The van der Waals surface area contributed by atoms with Gasteiger partial charge in [0, 0.05) is 33.2 Å². The highest BCUT2D eigenvalue weighted by molar-refractivity contribution is 7.11. The molecule has 5 heteroatoms. The van der Waals surface area contributed by atoms with E-state index in [1.807, 2.05) is 36.0 Å². The first kappa shape index (κ1) is 12.4. The zero-order chi connectivity index (χ0) is 13.4. The molecule has 0 amide bonds. The van der Waals surface area contributed by atoms with Gasteiger partial charge in [0.1, 0.15) is 0 Å². The van der Waals surface area contributed by atoms with Crippen molar-refractivity contribution in [2.75, 3.05) is 0 Å². The lowest BCUT2D eigenvalue weighted by atomic mass is 10.2. The fourth-order valence-corrected chi connectivity index (χ4v) is 3.12. The van der Waals surface area contributed by atoms with Crippen LogP contribution in [0.25, 0.3) is 10.9 Å². The predicted molar refractivity (Wildman–Crippen MR) is 78.3 cm³/mol. The molecule has 0 radical (unpaired) electrons. The molecule has 2 aromatic heterocycles. The van der Waals surface area contributed by atoms with Gasteiger partial charge in [-0.05, 0) is 19.1 Å². The first-order valence-corrected chi connectivity index (χ1v) is 7.01. The largest absolute Gasteiger partial charge is 0.341 e. The van der Waals surface area contributed by atoms with Crippen LogP contribution < -0.4 is 0 Å². The third-order valence-electron chi connectivity index (χ3n) is 3.00. The summed E-state index contributed by atoms with van der Waals surface area (Å²) in [5.41, 5.74) is 1.66. The van der Waals surface area contributed by atoms with Crippen molar-refractivity contribution in [2.24, 2.45) is 0 Å². The van der Waals surface area contributed by atoms with Crippen molar-refractivity contribution in [3.63, 3.8) is 0 Å². The lowest BCUT2D eigenvalue weighted by molar-refractivity contribution is 0.112. The van der Waals surface area contributed by atoms with Gasteiger partial charge in [0.2, 0.25) is 0 Å². The van der Waals surface area contributed by atoms with Crippen LogP contribution in [0.5, 0.6) is 0 Å². The fraction of sp³-hybridized carbons (Fsp3) is 0.143. The maximum absolute atomic E-state index is 11.1. The van der Waals surface area contributed by atoms with Crippen LogP contribution in [0.4, 0.5) is 0 Å². The Morgan fingerprint density at radius 2 is 2.32 bits per heavy atom. The van der Waals surface area contributed by atoms with Crippen molar-refractivity contribution in [2.45, 2.75) is 13.5 Å². The Morgan fingerprint density at radius 3 is 3.00 bits per heavy atom. The van der Waals surface area contributed by atoms with E-state index in [1.54, 1.807) is 17.4 Å². The Morgan fingerprint density at radius 1 is 1.47 bits per heavy atom. The minimum atomic E-state index is 0.671. The summed E-state index contributed by atoms with van der Waals surface area (Å²) in [7, 11) is 0. The smallest absolute Gasteiger partial charge is 0.152 e. The van der Waals surface area contributed by atoms with Crippen molar-refractivity contribution >= 4 is 40.1 Å². The molecule has 3 rings (SSSR count). The Bertz CT molecular complexity index is 760. The standard InChI is InChI=1S/C14H11ClN2OS/c1-9-16-5-12(19-9)7-17-6-10(8-18)13-3-2-11(15)4-14(13)17/h2-6,8H,7H2,1H3. The number of aldehydes is 1. The number of rotatable bonds is 3. The van der Waals surface area contributed by atoms with Crippen LogP contribution in [0.1, 0.15) is 20.2 Å². The monoisotopic (exact) mass is 290 g/mol. The zero-order valence-electron chi connectivity index (χ0n) is 10.3. The zero-order valence-corrected chi connectivity index (χ0v) is 11.8.